The fraction of sp³-hybridized carbons (Fsp3) is 0.538. The van der Waals surface area contributed by atoms with Crippen LogP contribution in [0.5, 0.6) is 11.5 Å². The SMILES string of the molecule is COc1cc(OC)cc([C@H](N)C(C)(C)CO)c1.Cl. The number of aliphatic hydroxyl groups is 1. The van der Waals surface area contributed by atoms with Crippen LogP contribution in [0.1, 0.15) is 25.5 Å². The second-order valence-electron chi connectivity index (χ2n) is 4.77. The van der Waals surface area contributed by atoms with Gasteiger partial charge in [0.2, 0.25) is 0 Å². The molecule has 0 bridgehead atoms. The van der Waals surface area contributed by atoms with Crippen LogP contribution in [0, 0.1) is 5.41 Å². The van der Waals surface area contributed by atoms with Gasteiger partial charge in [-0.2, -0.15) is 0 Å². The normalized spacial score (nSPS) is 12.6. The molecule has 0 radical (unpaired) electrons. The summed E-state index contributed by atoms with van der Waals surface area (Å²) >= 11 is 0. The zero-order valence-electron chi connectivity index (χ0n) is 11.3. The van der Waals surface area contributed by atoms with E-state index in [-0.39, 0.29) is 25.1 Å². The van der Waals surface area contributed by atoms with Crippen molar-refractivity contribution in [3.63, 3.8) is 0 Å². The number of nitrogens with two attached hydrogens (primary N) is 1. The van der Waals surface area contributed by atoms with Gasteiger partial charge in [0.15, 0.2) is 0 Å². The maximum Gasteiger partial charge on any atom is 0.122 e. The van der Waals surface area contributed by atoms with Crippen LogP contribution in [0.2, 0.25) is 0 Å². The summed E-state index contributed by atoms with van der Waals surface area (Å²) in [7, 11) is 3.20. The predicted molar refractivity (Wildman–Crippen MR) is 74.6 cm³/mol. The highest BCUT2D eigenvalue weighted by Crippen LogP contribution is 2.34. The van der Waals surface area contributed by atoms with Gasteiger partial charge in [0.25, 0.3) is 0 Å². The second-order valence-corrected chi connectivity index (χ2v) is 4.77. The zero-order chi connectivity index (χ0) is 13.1. The van der Waals surface area contributed by atoms with Gasteiger partial charge in [-0.25, -0.2) is 0 Å². The van der Waals surface area contributed by atoms with Gasteiger partial charge in [0, 0.05) is 24.1 Å². The molecule has 1 atom stereocenters. The van der Waals surface area contributed by atoms with Crippen molar-refractivity contribution in [1.82, 2.24) is 0 Å². The summed E-state index contributed by atoms with van der Waals surface area (Å²) in [6.45, 7) is 3.86. The van der Waals surface area contributed by atoms with Gasteiger partial charge < -0.3 is 20.3 Å². The average molecular weight is 276 g/mol. The number of rotatable bonds is 5. The molecule has 0 heterocycles. The molecule has 0 aliphatic carbocycles. The van der Waals surface area contributed by atoms with Crippen LogP contribution < -0.4 is 15.2 Å². The van der Waals surface area contributed by atoms with Crippen molar-refractivity contribution >= 4 is 12.4 Å². The number of hydrogen-bond donors (Lipinski definition) is 2. The van der Waals surface area contributed by atoms with E-state index in [0.29, 0.717) is 11.5 Å². The van der Waals surface area contributed by atoms with Crippen LogP contribution in [0.4, 0.5) is 0 Å². The molecule has 0 spiro atoms. The van der Waals surface area contributed by atoms with E-state index in [4.69, 9.17) is 15.2 Å². The molecule has 0 unspecified atom stereocenters. The van der Waals surface area contributed by atoms with E-state index in [1.165, 1.54) is 0 Å². The summed E-state index contributed by atoms with van der Waals surface area (Å²) in [6.07, 6.45) is 0. The van der Waals surface area contributed by atoms with Crippen molar-refractivity contribution in [3.05, 3.63) is 23.8 Å². The number of aliphatic hydroxyl groups excluding tert-OH is 1. The van der Waals surface area contributed by atoms with Crippen molar-refractivity contribution in [3.8, 4) is 11.5 Å². The summed E-state index contributed by atoms with van der Waals surface area (Å²) < 4.78 is 10.4. The monoisotopic (exact) mass is 275 g/mol. The molecule has 1 aromatic rings. The molecule has 0 amide bonds. The van der Waals surface area contributed by atoms with E-state index in [0.717, 1.165) is 5.56 Å². The van der Waals surface area contributed by atoms with Gasteiger partial charge in [0.05, 0.1) is 14.2 Å². The second kappa shape index (κ2) is 6.83. The number of halogens is 1. The van der Waals surface area contributed by atoms with Crippen LogP contribution in [0.15, 0.2) is 18.2 Å². The van der Waals surface area contributed by atoms with E-state index in [1.54, 1.807) is 20.3 Å². The van der Waals surface area contributed by atoms with Gasteiger partial charge in [-0.1, -0.05) is 13.8 Å². The van der Waals surface area contributed by atoms with Crippen molar-refractivity contribution in [2.45, 2.75) is 19.9 Å². The van der Waals surface area contributed by atoms with Gasteiger partial charge in [-0.05, 0) is 17.7 Å². The summed E-state index contributed by atoms with van der Waals surface area (Å²) in [5, 5.41) is 9.34. The molecule has 4 nitrogen and oxygen atoms in total. The molecule has 0 aliphatic heterocycles. The third-order valence-corrected chi connectivity index (χ3v) is 2.98. The Labute approximate surface area is 115 Å². The zero-order valence-corrected chi connectivity index (χ0v) is 12.1. The molecule has 1 rings (SSSR count). The predicted octanol–water partition coefficient (Wildman–Crippen LogP) is 2.14. The molecule has 0 aliphatic rings. The Morgan fingerprint density at radius 1 is 1.17 bits per heavy atom. The molecule has 0 fully saturated rings. The highest BCUT2D eigenvalue weighted by molar-refractivity contribution is 5.85. The summed E-state index contributed by atoms with van der Waals surface area (Å²) in [5.74, 6) is 1.40. The Hall–Kier alpha value is -0.970. The minimum absolute atomic E-state index is 0. The molecular formula is C13H22ClNO3. The first kappa shape index (κ1) is 17.0. The lowest BCUT2D eigenvalue weighted by Crippen LogP contribution is -2.32. The van der Waals surface area contributed by atoms with E-state index in [2.05, 4.69) is 0 Å². The highest BCUT2D eigenvalue weighted by atomic mass is 35.5. The first-order chi connectivity index (χ1) is 7.94. The Balaban J connectivity index is 0.00000289. The Morgan fingerprint density at radius 2 is 1.61 bits per heavy atom. The number of methoxy groups -OCH3 is 2. The molecule has 104 valence electrons. The van der Waals surface area contributed by atoms with Crippen LogP contribution in [-0.2, 0) is 0 Å². The number of benzene rings is 1. The molecule has 0 aromatic heterocycles. The van der Waals surface area contributed by atoms with Gasteiger partial charge in [0.1, 0.15) is 11.5 Å². The molecule has 3 N–H and O–H groups in total. The lowest BCUT2D eigenvalue weighted by Gasteiger charge is -2.30. The minimum Gasteiger partial charge on any atom is -0.497 e. The highest BCUT2D eigenvalue weighted by Gasteiger charge is 2.27. The topological polar surface area (TPSA) is 64.7 Å². The lowest BCUT2D eigenvalue weighted by atomic mass is 9.82. The minimum atomic E-state index is -0.391. The first-order valence-electron chi connectivity index (χ1n) is 5.54. The van der Waals surface area contributed by atoms with Crippen LogP contribution in [0.25, 0.3) is 0 Å². The molecule has 18 heavy (non-hydrogen) atoms. The van der Waals surface area contributed by atoms with Crippen molar-refractivity contribution < 1.29 is 14.6 Å². The fourth-order valence-corrected chi connectivity index (χ4v) is 1.56. The van der Waals surface area contributed by atoms with E-state index in [9.17, 15) is 5.11 Å². The quantitative estimate of drug-likeness (QED) is 0.864. The van der Waals surface area contributed by atoms with Crippen molar-refractivity contribution in [2.24, 2.45) is 11.1 Å². The Morgan fingerprint density at radius 3 is 1.94 bits per heavy atom. The molecular weight excluding hydrogens is 254 g/mol. The third kappa shape index (κ3) is 3.77. The number of hydrogen-bond acceptors (Lipinski definition) is 4. The van der Waals surface area contributed by atoms with Crippen molar-refractivity contribution in [2.75, 3.05) is 20.8 Å². The van der Waals surface area contributed by atoms with Crippen LogP contribution in [0.3, 0.4) is 0 Å². The molecule has 0 saturated carbocycles. The van der Waals surface area contributed by atoms with E-state index < -0.39 is 5.41 Å². The third-order valence-electron chi connectivity index (χ3n) is 2.98. The van der Waals surface area contributed by atoms with Crippen LogP contribution in [-0.4, -0.2) is 25.9 Å². The summed E-state index contributed by atoms with van der Waals surface area (Å²) in [5.41, 5.74) is 6.66. The van der Waals surface area contributed by atoms with Crippen molar-refractivity contribution in [1.29, 1.82) is 0 Å². The average Bonchev–Trinajstić information content (AvgIpc) is 2.36. The lowest BCUT2D eigenvalue weighted by molar-refractivity contribution is 0.132. The summed E-state index contributed by atoms with van der Waals surface area (Å²) in [6, 6.07) is 5.24. The summed E-state index contributed by atoms with van der Waals surface area (Å²) in [4.78, 5) is 0. The Kier molecular flexibility index (Phi) is 6.46. The number of ether oxygens (including phenoxy) is 2. The Bertz CT molecular complexity index is 360. The van der Waals surface area contributed by atoms with Gasteiger partial charge in [-0.15, -0.1) is 12.4 Å². The smallest absolute Gasteiger partial charge is 0.122 e. The van der Waals surface area contributed by atoms with E-state index in [1.807, 2.05) is 26.0 Å². The van der Waals surface area contributed by atoms with Gasteiger partial charge in [-0.3, -0.25) is 0 Å². The standard InChI is InChI=1S/C13H21NO3.ClH/c1-13(2,8-15)12(14)9-5-10(16-3)7-11(6-9)17-4;/h5-7,12,15H,8,14H2,1-4H3;1H/t12-;/m0./s1. The van der Waals surface area contributed by atoms with Crippen LogP contribution >= 0.6 is 12.4 Å². The fourth-order valence-electron chi connectivity index (χ4n) is 1.56. The molecule has 1 aromatic carbocycles. The maximum atomic E-state index is 9.34. The largest absolute Gasteiger partial charge is 0.497 e. The molecule has 5 heteroatoms. The first-order valence-corrected chi connectivity index (χ1v) is 5.54. The molecule has 0 saturated heterocycles. The van der Waals surface area contributed by atoms with Gasteiger partial charge >= 0.3 is 0 Å². The van der Waals surface area contributed by atoms with E-state index >= 15 is 0 Å². The maximum absolute atomic E-state index is 9.34.